The molecular formula is C30H53NO8. The topological polar surface area (TPSA) is 108 Å². The Morgan fingerprint density at radius 3 is 1.54 bits per heavy atom. The predicted molar refractivity (Wildman–Crippen MR) is 150 cm³/mol. The summed E-state index contributed by atoms with van der Waals surface area (Å²) in [4.78, 5) is 49.8. The zero-order valence-corrected chi connectivity index (χ0v) is 25.4. The Morgan fingerprint density at radius 1 is 0.641 bits per heavy atom. The highest BCUT2D eigenvalue weighted by atomic mass is 16.5. The maximum atomic E-state index is 12.8. The number of Topliss-reactive ketones (excluding diaryl/α,β-unsaturated/α-hetero) is 3. The molecule has 1 aliphatic rings. The van der Waals surface area contributed by atoms with Gasteiger partial charge in [0, 0.05) is 50.7 Å². The van der Waals surface area contributed by atoms with E-state index in [1.54, 1.807) is 11.9 Å². The monoisotopic (exact) mass is 555 g/mol. The summed E-state index contributed by atoms with van der Waals surface area (Å²) in [6.45, 7) is 13.3. The molecule has 1 fully saturated rings. The lowest BCUT2D eigenvalue weighted by atomic mass is 9.92. The van der Waals surface area contributed by atoms with Crippen LogP contribution in [0.25, 0.3) is 0 Å². The van der Waals surface area contributed by atoms with E-state index < -0.39 is 0 Å². The summed E-state index contributed by atoms with van der Waals surface area (Å²) in [6.07, 6.45) is 4.07. The molecule has 1 aliphatic carbocycles. The van der Waals surface area contributed by atoms with Crippen LogP contribution < -0.4 is 0 Å². The number of rotatable bonds is 23. The Bertz CT molecular complexity index is 717. The molecule has 0 aromatic carbocycles. The number of likely N-dealkylation sites (N-methyl/N-ethyl adjacent to an activating group) is 1. The van der Waals surface area contributed by atoms with Crippen molar-refractivity contribution in [1.82, 2.24) is 4.90 Å². The first-order chi connectivity index (χ1) is 18.4. The first-order valence-corrected chi connectivity index (χ1v) is 14.6. The fraction of sp³-hybridized carbons (Fsp3) is 0.867. The van der Waals surface area contributed by atoms with Crippen molar-refractivity contribution in [1.29, 1.82) is 0 Å². The van der Waals surface area contributed by atoms with Crippen LogP contribution in [0.1, 0.15) is 86.5 Å². The highest BCUT2D eigenvalue weighted by molar-refractivity contribution is 5.81. The maximum absolute atomic E-state index is 12.8. The average Bonchev–Trinajstić information content (AvgIpc) is 2.86. The summed E-state index contributed by atoms with van der Waals surface area (Å²) in [5.74, 6) is 0.477. The van der Waals surface area contributed by atoms with Gasteiger partial charge in [0.25, 0.3) is 0 Å². The summed E-state index contributed by atoms with van der Waals surface area (Å²) in [6, 6.07) is -0.329. The van der Waals surface area contributed by atoms with Crippen LogP contribution in [0, 0.1) is 17.8 Å². The first-order valence-electron chi connectivity index (χ1n) is 14.6. The first kappa shape index (κ1) is 35.3. The number of nitrogens with zero attached hydrogens (tertiary/aromatic N) is 1. The van der Waals surface area contributed by atoms with Crippen LogP contribution in [0.2, 0.25) is 0 Å². The number of hydrogen-bond donors (Lipinski definition) is 0. The van der Waals surface area contributed by atoms with Crippen LogP contribution in [0.3, 0.4) is 0 Å². The predicted octanol–water partition coefficient (Wildman–Crippen LogP) is 4.04. The van der Waals surface area contributed by atoms with E-state index in [1.165, 1.54) is 0 Å². The number of carbonyl (C=O) groups excluding carboxylic acids is 4. The molecule has 0 spiro atoms. The Labute approximate surface area is 235 Å². The zero-order valence-electron chi connectivity index (χ0n) is 25.4. The summed E-state index contributed by atoms with van der Waals surface area (Å²) < 4.78 is 23.1. The number of hydrogen-bond acceptors (Lipinski definition) is 8. The van der Waals surface area contributed by atoms with Crippen molar-refractivity contribution in [3.63, 3.8) is 0 Å². The van der Waals surface area contributed by atoms with Gasteiger partial charge in [-0.2, -0.15) is 0 Å². The van der Waals surface area contributed by atoms with E-state index in [2.05, 4.69) is 0 Å². The Balaban J connectivity index is 2.36. The lowest BCUT2D eigenvalue weighted by Crippen LogP contribution is -2.44. The Hall–Kier alpha value is -1.68. The maximum Gasteiger partial charge on any atom is 0.225 e. The van der Waals surface area contributed by atoms with Crippen molar-refractivity contribution < 1.29 is 38.1 Å². The van der Waals surface area contributed by atoms with Crippen molar-refractivity contribution in [3.05, 3.63) is 0 Å². The molecule has 0 bridgehead atoms. The van der Waals surface area contributed by atoms with E-state index in [0.717, 1.165) is 19.3 Å². The summed E-state index contributed by atoms with van der Waals surface area (Å²) in [5, 5.41) is 0. The fourth-order valence-electron chi connectivity index (χ4n) is 3.90. The average molecular weight is 556 g/mol. The minimum atomic E-state index is -0.329. The molecule has 0 saturated heterocycles. The molecule has 0 aliphatic heterocycles. The van der Waals surface area contributed by atoms with Gasteiger partial charge >= 0.3 is 0 Å². The van der Waals surface area contributed by atoms with Gasteiger partial charge in [0.2, 0.25) is 5.91 Å². The van der Waals surface area contributed by atoms with Crippen LogP contribution in [-0.4, -0.2) is 93.1 Å². The van der Waals surface area contributed by atoms with Gasteiger partial charge in [-0.3, -0.25) is 19.2 Å². The van der Waals surface area contributed by atoms with Gasteiger partial charge in [-0.25, -0.2) is 0 Å². The second kappa shape index (κ2) is 19.4. The molecule has 0 radical (unpaired) electrons. The summed E-state index contributed by atoms with van der Waals surface area (Å²) >= 11 is 0. The fourth-order valence-corrected chi connectivity index (χ4v) is 3.90. The van der Waals surface area contributed by atoms with Gasteiger partial charge in [-0.1, -0.05) is 41.5 Å². The molecule has 0 atom stereocenters. The van der Waals surface area contributed by atoms with Crippen molar-refractivity contribution in [2.24, 2.45) is 17.8 Å². The number of amides is 1. The van der Waals surface area contributed by atoms with Crippen LogP contribution in [-0.2, 0) is 38.1 Å². The number of ether oxygens (including phenoxy) is 4. The van der Waals surface area contributed by atoms with E-state index in [4.69, 9.17) is 18.9 Å². The van der Waals surface area contributed by atoms with E-state index in [0.29, 0.717) is 45.7 Å². The van der Waals surface area contributed by atoms with Gasteiger partial charge in [-0.15, -0.1) is 0 Å². The van der Waals surface area contributed by atoms with Crippen molar-refractivity contribution in [3.8, 4) is 0 Å². The lowest BCUT2D eigenvalue weighted by molar-refractivity contribution is -0.140. The minimum absolute atomic E-state index is 0.0339. The SMILES string of the molecule is CC(C)C(=O)CCCOC1CC(OCCC(=O)N(C)C(COCCC(=O)C(C)C)COCCC(=O)C(C)C)C1. The third kappa shape index (κ3) is 15.0. The summed E-state index contributed by atoms with van der Waals surface area (Å²) in [7, 11) is 1.72. The standard InChI is InChI=1S/C30H53NO8/c1-21(2)27(32)9-8-13-38-25-17-26(18-25)39-16-12-30(35)31(7)24(19-36-14-10-28(33)22(3)4)20-37-15-11-29(34)23(5)6/h21-26H,8-20H2,1-7H3. The van der Waals surface area contributed by atoms with E-state index in [1.807, 2.05) is 41.5 Å². The normalized spacial score (nSPS) is 17.2. The molecule has 39 heavy (non-hydrogen) atoms. The molecule has 0 unspecified atom stereocenters. The van der Waals surface area contributed by atoms with Crippen molar-refractivity contribution >= 4 is 23.3 Å². The molecule has 1 saturated carbocycles. The van der Waals surface area contributed by atoms with Gasteiger partial charge in [-0.05, 0) is 19.3 Å². The van der Waals surface area contributed by atoms with Crippen molar-refractivity contribution in [2.75, 3.05) is 46.7 Å². The molecule has 9 heteroatoms. The van der Waals surface area contributed by atoms with Gasteiger partial charge < -0.3 is 23.8 Å². The molecule has 9 nitrogen and oxygen atoms in total. The molecular weight excluding hydrogens is 502 g/mol. The second-order valence-corrected chi connectivity index (χ2v) is 11.5. The molecule has 1 rings (SSSR count). The lowest BCUT2D eigenvalue weighted by Gasteiger charge is -2.35. The molecule has 226 valence electrons. The second-order valence-electron chi connectivity index (χ2n) is 11.5. The van der Waals surface area contributed by atoms with E-state index in [-0.39, 0.29) is 78.9 Å². The Morgan fingerprint density at radius 2 is 1.08 bits per heavy atom. The highest BCUT2D eigenvalue weighted by Crippen LogP contribution is 2.26. The zero-order chi connectivity index (χ0) is 29.4. The van der Waals surface area contributed by atoms with E-state index in [9.17, 15) is 19.2 Å². The Kier molecular flexibility index (Phi) is 17.6. The van der Waals surface area contributed by atoms with Crippen LogP contribution in [0.4, 0.5) is 0 Å². The van der Waals surface area contributed by atoms with Gasteiger partial charge in [0.15, 0.2) is 0 Å². The largest absolute Gasteiger partial charge is 0.379 e. The third-order valence-corrected chi connectivity index (χ3v) is 7.12. The third-order valence-electron chi connectivity index (χ3n) is 7.12. The smallest absolute Gasteiger partial charge is 0.225 e. The molecule has 0 aromatic rings. The van der Waals surface area contributed by atoms with Gasteiger partial charge in [0.1, 0.15) is 17.3 Å². The quantitative estimate of drug-likeness (QED) is 0.174. The van der Waals surface area contributed by atoms with Crippen LogP contribution in [0.5, 0.6) is 0 Å². The van der Waals surface area contributed by atoms with Crippen molar-refractivity contribution in [2.45, 2.75) is 105 Å². The molecule has 1 amide bonds. The molecule has 0 N–H and O–H groups in total. The molecule has 0 heterocycles. The number of ketones is 3. The van der Waals surface area contributed by atoms with Crippen LogP contribution in [0.15, 0.2) is 0 Å². The highest BCUT2D eigenvalue weighted by Gasteiger charge is 2.31. The number of carbonyl (C=O) groups is 4. The summed E-state index contributed by atoms with van der Waals surface area (Å²) in [5.41, 5.74) is 0. The van der Waals surface area contributed by atoms with E-state index >= 15 is 0 Å². The minimum Gasteiger partial charge on any atom is -0.379 e. The van der Waals surface area contributed by atoms with Crippen LogP contribution >= 0.6 is 0 Å². The molecule has 0 aromatic heterocycles. The van der Waals surface area contributed by atoms with Gasteiger partial charge in [0.05, 0.1) is 57.7 Å².